The summed E-state index contributed by atoms with van der Waals surface area (Å²) in [6.45, 7) is 2.93. The van der Waals surface area contributed by atoms with E-state index in [1.54, 1.807) is 29.6 Å². The van der Waals surface area contributed by atoms with Crippen LogP contribution in [0.4, 0.5) is 9.52 Å². The molecule has 2 heterocycles. The summed E-state index contributed by atoms with van der Waals surface area (Å²) < 4.78 is 22.3. The van der Waals surface area contributed by atoms with Crippen LogP contribution in [0.1, 0.15) is 12.0 Å². The van der Waals surface area contributed by atoms with Gasteiger partial charge in [-0.2, -0.15) is 0 Å². The van der Waals surface area contributed by atoms with E-state index in [9.17, 15) is 9.18 Å². The number of aryl methyl sites for hydroxylation is 2. The van der Waals surface area contributed by atoms with Crippen LogP contribution < -0.4 is 9.64 Å². The van der Waals surface area contributed by atoms with Gasteiger partial charge in [0.2, 0.25) is 0 Å². The molecule has 4 aromatic rings. The van der Waals surface area contributed by atoms with Crippen LogP contribution in [0.5, 0.6) is 5.75 Å². The topological polar surface area (TPSA) is 60.2 Å². The number of para-hydroxylation sites is 2. The van der Waals surface area contributed by atoms with Crippen LogP contribution in [0, 0.1) is 12.7 Å². The van der Waals surface area contributed by atoms with Crippen LogP contribution in [0.25, 0.3) is 10.2 Å². The first-order chi connectivity index (χ1) is 14.6. The molecule has 1 amide bonds. The summed E-state index contributed by atoms with van der Waals surface area (Å²) in [4.78, 5) is 23.4. The lowest BCUT2D eigenvalue weighted by Gasteiger charge is -2.20. The highest BCUT2D eigenvalue weighted by Crippen LogP contribution is 2.31. The van der Waals surface area contributed by atoms with Crippen molar-refractivity contribution in [1.29, 1.82) is 0 Å². The SMILES string of the molecule is Cc1cccc2sc(N(CCCn3ccnc3)C(=O)COc3ccccc3F)nc12.Cl. The number of rotatable bonds is 8. The fourth-order valence-corrected chi connectivity index (χ4v) is 4.21. The fraction of sp³-hybridized carbons (Fsp3) is 0.227. The van der Waals surface area contributed by atoms with Gasteiger partial charge in [-0.3, -0.25) is 9.69 Å². The highest BCUT2D eigenvalue weighted by Gasteiger charge is 2.21. The molecular weight excluding hydrogens is 439 g/mol. The van der Waals surface area contributed by atoms with E-state index < -0.39 is 5.82 Å². The number of benzene rings is 2. The van der Waals surface area contributed by atoms with Crippen molar-refractivity contribution in [3.05, 3.63) is 72.6 Å². The lowest BCUT2D eigenvalue weighted by molar-refractivity contribution is -0.120. The number of anilines is 1. The van der Waals surface area contributed by atoms with E-state index in [4.69, 9.17) is 9.72 Å². The second-order valence-corrected chi connectivity index (χ2v) is 7.85. The highest BCUT2D eigenvalue weighted by molar-refractivity contribution is 7.22. The molecule has 0 bridgehead atoms. The van der Waals surface area contributed by atoms with Crippen molar-refractivity contribution in [1.82, 2.24) is 14.5 Å². The van der Waals surface area contributed by atoms with Gasteiger partial charge in [-0.25, -0.2) is 14.4 Å². The zero-order valence-electron chi connectivity index (χ0n) is 16.9. The molecule has 0 spiro atoms. The number of fused-ring (bicyclic) bond motifs is 1. The lowest BCUT2D eigenvalue weighted by atomic mass is 10.2. The number of amides is 1. The van der Waals surface area contributed by atoms with Gasteiger partial charge in [0.25, 0.3) is 5.91 Å². The van der Waals surface area contributed by atoms with E-state index in [0.717, 1.165) is 28.7 Å². The number of imidazole rings is 1. The Bertz CT molecular complexity index is 1150. The van der Waals surface area contributed by atoms with Gasteiger partial charge < -0.3 is 9.30 Å². The van der Waals surface area contributed by atoms with Crippen LogP contribution >= 0.6 is 23.7 Å². The minimum absolute atomic E-state index is 0. The molecule has 162 valence electrons. The molecule has 31 heavy (non-hydrogen) atoms. The molecule has 2 aromatic carbocycles. The molecule has 0 aliphatic rings. The maximum atomic E-state index is 13.8. The number of carbonyl (C=O) groups excluding carboxylic acids is 1. The first-order valence-corrected chi connectivity index (χ1v) is 10.4. The smallest absolute Gasteiger partial charge is 0.266 e. The van der Waals surface area contributed by atoms with Crippen molar-refractivity contribution >= 4 is 45.0 Å². The molecular formula is C22H22ClFN4O2S. The Morgan fingerprint density at radius 1 is 1.23 bits per heavy atom. The highest BCUT2D eigenvalue weighted by atomic mass is 35.5. The van der Waals surface area contributed by atoms with Crippen molar-refractivity contribution in [2.24, 2.45) is 0 Å². The number of carbonyl (C=O) groups is 1. The molecule has 9 heteroatoms. The molecule has 0 aliphatic heterocycles. The molecule has 0 saturated heterocycles. The quantitative estimate of drug-likeness (QED) is 0.376. The van der Waals surface area contributed by atoms with Crippen LogP contribution in [-0.4, -0.2) is 33.6 Å². The van der Waals surface area contributed by atoms with Crippen LogP contribution in [0.15, 0.2) is 61.2 Å². The van der Waals surface area contributed by atoms with E-state index in [1.807, 2.05) is 35.9 Å². The molecule has 0 atom stereocenters. The summed E-state index contributed by atoms with van der Waals surface area (Å²) in [5.74, 6) is -0.697. The Hall–Kier alpha value is -2.97. The van der Waals surface area contributed by atoms with Gasteiger partial charge in [0, 0.05) is 25.5 Å². The molecule has 0 saturated carbocycles. The number of aromatic nitrogens is 3. The van der Waals surface area contributed by atoms with E-state index in [1.165, 1.54) is 23.5 Å². The Morgan fingerprint density at radius 2 is 2.06 bits per heavy atom. The van der Waals surface area contributed by atoms with Gasteiger partial charge in [-0.1, -0.05) is 35.6 Å². The predicted molar refractivity (Wildman–Crippen MR) is 123 cm³/mol. The number of hydrogen-bond acceptors (Lipinski definition) is 5. The van der Waals surface area contributed by atoms with E-state index >= 15 is 0 Å². The number of hydrogen-bond donors (Lipinski definition) is 0. The second-order valence-electron chi connectivity index (χ2n) is 6.84. The van der Waals surface area contributed by atoms with Crippen LogP contribution in [0.3, 0.4) is 0 Å². The molecule has 0 aliphatic carbocycles. The average Bonchev–Trinajstić information content (AvgIpc) is 3.41. The Labute approximate surface area is 189 Å². The van der Waals surface area contributed by atoms with Gasteiger partial charge in [-0.15, -0.1) is 12.4 Å². The van der Waals surface area contributed by atoms with Gasteiger partial charge in [0.1, 0.15) is 0 Å². The number of ether oxygens (including phenoxy) is 1. The molecule has 0 unspecified atom stereocenters. The summed E-state index contributed by atoms with van der Waals surface area (Å²) in [5, 5.41) is 0.618. The molecule has 6 nitrogen and oxygen atoms in total. The second kappa shape index (κ2) is 10.4. The van der Waals surface area contributed by atoms with Crippen molar-refractivity contribution in [2.75, 3.05) is 18.1 Å². The first-order valence-electron chi connectivity index (χ1n) is 9.61. The largest absolute Gasteiger partial charge is 0.481 e. The molecule has 2 aromatic heterocycles. The maximum absolute atomic E-state index is 13.8. The summed E-state index contributed by atoms with van der Waals surface area (Å²) in [6, 6.07) is 12.0. The Morgan fingerprint density at radius 3 is 2.81 bits per heavy atom. The standard InChI is InChI=1S/C22H21FN4O2S.ClH/c1-16-6-4-9-19-21(16)25-22(30-19)27(12-5-11-26-13-10-24-15-26)20(28)14-29-18-8-3-2-7-17(18)23;/h2-4,6-10,13,15H,5,11-12,14H2,1H3;1H. The molecule has 0 fully saturated rings. The minimum Gasteiger partial charge on any atom is -0.481 e. The zero-order valence-corrected chi connectivity index (χ0v) is 18.5. The summed E-state index contributed by atoms with van der Waals surface area (Å²) in [5.41, 5.74) is 1.95. The molecule has 0 radical (unpaired) electrons. The van der Waals surface area contributed by atoms with Crippen molar-refractivity contribution in [3.8, 4) is 5.75 Å². The zero-order chi connectivity index (χ0) is 20.9. The van der Waals surface area contributed by atoms with Crippen molar-refractivity contribution in [3.63, 3.8) is 0 Å². The minimum atomic E-state index is -0.493. The third-order valence-electron chi connectivity index (χ3n) is 4.69. The Kier molecular flexibility index (Phi) is 7.59. The number of halogens is 2. The fourth-order valence-electron chi connectivity index (χ4n) is 3.13. The van der Waals surface area contributed by atoms with Gasteiger partial charge in [0.15, 0.2) is 23.3 Å². The van der Waals surface area contributed by atoms with E-state index in [-0.39, 0.29) is 30.7 Å². The third-order valence-corrected chi connectivity index (χ3v) is 5.73. The van der Waals surface area contributed by atoms with Crippen molar-refractivity contribution in [2.45, 2.75) is 19.9 Å². The van der Waals surface area contributed by atoms with E-state index in [0.29, 0.717) is 11.7 Å². The number of nitrogens with zero attached hydrogens (tertiary/aromatic N) is 4. The van der Waals surface area contributed by atoms with Gasteiger partial charge >= 0.3 is 0 Å². The normalized spacial score (nSPS) is 10.6. The lowest BCUT2D eigenvalue weighted by Crippen LogP contribution is -2.36. The van der Waals surface area contributed by atoms with Crippen molar-refractivity contribution < 1.29 is 13.9 Å². The Balaban J connectivity index is 0.00000272. The predicted octanol–water partition coefficient (Wildman–Crippen LogP) is 4.86. The van der Waals surface area contributed by atoms with Crippen LogP contribution in [-0.2, 0) is 11.3 Å². The maximum Gasteiger partial charge on any atom is 0.266 e. The summed E-state index contributed by atoms with van der Waals surface area (Å²) >= 11 is 1.47. The monoisotopic (exact) mass is 460 g/mol. The average molecular weight is 461 g/mol. The number of thiazole rings is 1. The van der Waals surface area contributed by atoms with Crippen LogP contribution in [0.2, 0.25) is 0 Å². The van der Waals surface area contributed by atoms with Gasteiger partial charge in [-0.05, 0) is 37.1 Å². The molecule has 0 N–H and O–H groups in total. The molecule has 4 rings (SSSR count). The summed E-state index contributed by atoms with van der Waals surface area (Å²) in [7, 11) is 0. The van der Waals surface area contributed by atoms with E-state index in [2.05, 4.69) is 4.98 Å². The van der Waals surface area contributed by atoms with Gasteiger partial charge in [0.05, 0.1) is 16.5 Å². The third kappa shape index (κ3) is 5.39. The summed E-state index contributed by atoms with van der Waals surface area (Å²) in [6.07, 6.45) is 6.07. The first kappa shape index (κ1) is 22.7.